The van der Waals surface area contributed by atoms with Crippen LogP contribution in [0.25, 0.3) is 11.6 Å². The zero-order valence-electron chi connectivity index (χ0n) is 15.9. The number of aliphatic hydroxyl groups is 2. The number of halogens is 1. The van der Waals surface area contributed by atoms with E-state index >= 15 is 4.39 Å². The number of hydrogen-bond donors (Lipinski definition) is 3. The smallest absolute Gasteiger partial charge is 0.329 e. The zero-order valence-corrected chi connectivity index (χ0v) is 15.9. The molecule has 0 radical (unpaired) electrons. The summed E-state index contributed by atoms with van der Waals surface area (Å²) in [6.07, 6.45) is 2.89. The molecule has 2 saturated carbocycles. The number of hydrogen-bond acceptors (Lipinski definition) is 5. The second-order valence-electron chi connectivity index (χ2n) is 9.01. The molecule has 4 aliphatic rings. The molecule has 3 N–H and O–H groups in total. The van der Waals surface area contributed by atoms with Crippen molar-refractivity contribution < 1.29 is 14.6 Å². The van der Waals surface area contributed by atoms with Gasteiger partial charge in [-0.3, -0.25) is 19.2 Å². The molecular formula is C20H26FN3O4. The number of nitrogens with one attached hydrogen (secondary N) is 1. The lowest BCUT2D eigenvalue weighted by Crippen LogP contribution is -2.60. The minimum absolute atomic E-state index is 0.0489. The Bertz CT molecular complexity index is 1050. The summed E-state index contributed by atoms with van der Waals surface area (Å²) < 4.78 is 16.9. The maximum absolute atomic E-state index is 15.3. The number of rotatable bonds is 4. The van der Waals surface area contributed by atoms with E-state index < -0.39 is 29.6 Å². The predicted molar refractivity (Wildman–Crippen MR) is 101 cm³/mol. The second kappa shape index (κ2) is 6.11. The van der Waals surface area contributed by atoms with E-state index in [-0.39, 0.29) is 29.2 Å². The van der Waals surface area contributed by atoms with Gasteiger partial charge in [-0.15, -0.1) is 0 Å². The third-order valence-electron chi connectivity index (χ3n) is 7.21. The fourth-order valence-corrected chi connectivity index (χ4v) is 5.50. The number of alkyl halides is 1. The maximum Gasteiger partial charge on any atom is 0.329 e. The Kier molecular flexibility index (Phi) is 3.99. The first-order valence-corrected chi connectivity index (χ1v) is 10.1. The van der Waals surface area contributed by atoms with Gasteiger partial charge in [-0.1, -0.05) is 0 Å². The molecule has 28 heavy (non-hydrogen) atoms. The minimum Gasteiger partial charge on any atom is -0.394 e. The first-order chi connectivity index (χ1) is 13.4. The summed E-state index contributed by atoms with van der Waals surface area (Å²) in [5.74, 6) is -0.0799. The van der Waals surface area contributed by atoms with Crippen LogP contribution in [-0.4, -0.2) is 62.7 Å². The quantitative estimate of drug-likeness (QED) is 0.587. The summed E-state index contributed by atoms with van der Waals surface area (Å²) in [5.41, 5.74) is -0.308. The first kappa shape index (κ1) is 18.3. The van der Waals surface area contributed by atoms with E-state index in [1.807, 2.05) is 11.8 Å². The number of aromatic nitrogens is 2. The van der Waals surface area contributed by atoms with E-state index in [0.717, 1.165) is 25.7 Å². The summed E-state index contributed by atoms with van der Waals surface area (Å²) in [4.78, 5) is 29.2. The molecule has 0 bridgehead atoms. The largest absolute Gasteiger partial charge is 0.394 e. The van der Waals surface area contributed by atoms with Gasteiger partial charge in [0.05, 0.1) is 29.3 Å². The third-order valence-corrected chi connectivity index (χ3v) is 7.21. The topological polar surface area (TPSA) is 98.6 Å². The predicted octanol–water partition coefficient (Wildman–Crippen LogP) is -1.39. The summed E-state index contributed by atoms with van der Waals surface area (Å²) in [6, 6.07) is -0.498. The molecule has 4 atom stereocenters. The maximum atomic E-state index is 15.3. The van der Waals surface area contributed by atoms with Crippen molar-refractivity contribution in [3.8, 4) is 0 Å². The lowest BCUT2D eigenvalue weighted by molar-refractivity contribution is 0.0307. The summed E-state index contributed by atoms with van der Waals surface area (Å²) in [7, 11) is 0. The van der Waals surface area contributed by atoms with Crippen molar-refractivity contribution >= 4 is 11.6 Å². The van der Waals surface area contributed by atoms with E-state index in [0.29, 0.717) is 24.0 Å². The van der Waals surface area contributed by atoms with Gasteiger partial charge in [-0.05, 0) is 49.7 Å². The first-order valence-electron chi connectivity index (χ1n) is 10.1. The average Bonchev–Trinajstić information content (AvgIpc) is 3.55. The van der Waals surface area contributed by atoms with Crippen molar-refractivity contribution in [3.63, 3.8) is 0 Å². The lowest BCUT2D eigenvalue weighted by Gasteiger charge is -2.33. The van der Waals surface area contributed by atoms with Crippen molar-refractivity contribution in [2.45, 2.75) is 57.0 Å². The highest BCUT2D eigenvalue weighted by Gasteiger charge is 2.58. The number of aromatic amines is 1. The molecule has 3 aliphatic carbocycles. The van der Waals surface area contributed by atoms with E-state index in [2.05, 4.69) is 4.98 Å². The van der Waals surface area contributed by atoms with Crippen molar-refractivity contribution in [2.24, 2.45) is 11.3 Å². The summed E-state index contributed by atoms with van der Waals surface area (Å²) in [6.45, 7) is 2.69. The number of H-pyrrole nitrogens is 1. The summed E-state index contributed by atoms with van der Waals surface area (Å²) >= 11 is 0. The molecule has 1 spiro atoms. The molecule has 1 aliphatic heterocycles. The zero-order chi connectivity index (χ0) is 19.8. The number of aliphatic hydroxyl groups excluding tert-OH is 2. The molecular weight excluding hydrogens is 365 g/mol. The average molecular weight is 391 g/mol. The van der Waals surface area contributed by atoms with Gasteiger partial charge < -0.3 is 10.2 Å². The Morgan fingerprint density at radius 2 is 2.07 bits per heavy atom. The number of fused-ring (bicyclic) bond motifs is 1. The van der Waals surface area contributed by atoms with Gasteiger partial charge in [0, 0.05) is 25.0 Å². The second-order valence-corrected chi connectivity index (χ2v) is 9.01. The monoisotopic (exact) mass is 391 g/mol. The van der Waals surface area contributed by atoms with Crippen LogP contribution in [0.15, 0.2) is 9.59 Å². The highest BCUT2D eigenvalue weighted by Crippen LogP contribution is 2.58. The van der Waals surface area contributed by atoms with E-state index in [1.165, 1.54) is 6.08 Å². The Hall–Kier alpha value is -1.77. The van der Waals surface area contributed by atoms with Crippen molar-refractivity contribution in [1.82, 2.24) is 14.5 Å². The van der Waals surface area contributed by atoms with Gasteiger partial charge in [0.25, 0.3) is 5.56 Å². The van der Waals surface area contributed by atoms with E-state index in [4.69, 9.17) is 0 Å². The fraction of sp³-hybridized carbons (Fsp3) is 0.700. The van der Waals surface area contributed by atoms with Gasteiger partial charge in [0.15, 0.2) is 0 Å². The number of nitrogens with zero attached hydrogens (tertiary/aromatic N) is 2. The van der Waals surface area contributed by atoms with Crippen molar-refractivity contribution in [3.05, 3.63) is 31.4 Å². The molecule has 3 fully saturated rings. The highest BCUT2D eigenvalue weighted by atomic mass is 19.1. The van der Waals surface area contributed by atoms with Crippen molar-refractivity contribution in [2.75, 3.05) is 19.7 Å². The van der Waals surface area contributed by atoms with Crippen LogP contribution >= 0.6 is 0 Å². The molecule has 4 unspecified atom stereocenters. The molecule has 7 nitrogen and oxygen atoms in total. The van der Waals surface area contributed by atoms with Crippen LogP contribution in [0.3, 0.4) is 0 Å². The third kappa shape index (κ3) is 2.58. The Morgan fingerprint density at radius 3 is 2.68 bits per heavy atom. The van der Waals surface area contributed by atoms with Crippen LogP contribution in [-0.2, 0) is 0 Å². The van der Waals surface area contributed by atoms with Gasteiger partial charge in [-0.2, -0.15) is 0 Å². The lowest BCUT2D eigenvalue weighted by atomic mass is 9.88. The molecule has 1 saturated heterocycles. The van der Waals surface area contributed by atoms with Crippen LogP contribution < -0.4 is 21.8 Å². The fourth-order valence-electron chi connectivity index (χ4n) is 5.50. The van der Waals surface area contributed by atoms with Crippen LogP contribution in [0.2, 0.25) is 0 Å². The van der Waals surface area contributed by atoms with Gasteiger partial charge in [-0.25, -0.2) is 9.18 Å². The van der Waals surface area contributed by atoms with Crippen LogP contribution in [0, 0.1) is 11.3 Å². The van der Waals surface area contributed by atoms with Crippen LogP contribution in [0.4, 0.5) is 4.39 Å². The van der Waals surface area contributed by atoms with Gasteiger partial charge in [0.2, 0.25) is 0 Å². The Labute approximate surface area is 160 Å². The van der Waals surface area contributed by atoms with E-state index in [9.17, 15) is 19.8 Å². The molecule has 152 valence electrons. The molecule has 2 heterocycles. The molecule has 5 rings (SSSR count). The van der Waals surface area contributed by atoms with E-state index in [1.54, 1.807) is 4.57 Å². The molecule has 1 aromatic rings. The Morgan fingerprint density at radius 1 is 1.36 bits per heavy atom. The number of likely N-dealkylation sites (tertiary alicyclic amines) is 1. The van der Waals surface area contributed by atoms with Gasteiger partial charge >= 0.3 is 5.69 Å². The molecule has 0 aromatic carbocycles. The molecule has 1 aromatic heterocycles. The van der Waals surface area contributed by atoms with Crippen LogP contribution in [0.1, 0.15) is 38.6 Å². The SMILES string of the molecule is CC1=c2c(c(=O)[nH]c(=O)n2C2CC2)=CC(F)C1N1CC(C(O)CO)C2(CC2)C1. The van der Waals surface area contributed by atoms with Crippen molar-refractivity contribution in [1.29, 1.82) is 0 Å². The Balaban J connectivity index is 1.62. The normalized spacial score (nSPS) is 32.3. The molecule has 8 heteroatoms. The molecule has 0 amide bonds. The highest BCUT2D eigenvalue weighted by molar-refractivity contribution is 5.56. The standard InChI is InChI=1S/C20H26FN3O4/c1-10-16-12(18(27)22-19(28)24(16)11-2-3-11)6-14(21)17(10)23-7-13(15(26)8-25)20(9-23)4-5-20/h6,11,13-15,17,25-26H,2-5,7-9H2,1H3,(H,22,27,28). The minimum atomic E-state index is -1.36. The van der Waals surface area contributed by atoms with Crippen LogP contribution in [0.5, 0.6) is 0 Å². The summed E-state index contributed by atoms with van der Waals surface area (Å²) in [5, 5.41) is 20.5. The van der Waals surface area contributed by atoms with Gasteiger partial charge in [0.1, 0.15) is 6.17 Å².